The molecule has 0 aromatic heterocycles. The van der Waals surface area contributed by atoms with Gasteiger partial charge in [0.05, 0.1) is 0 Å². The molecule has 0 radical (unpaired) electrons. The summed E-state index contributed by atoms with van der Waals surface area (Å²) in [5.74, 6) is 0.209. The van der Waals surface area contributed by atoms with E-state index in [4.69, 9.17) is 5.11 Å². The molecule has 0 saturated carbocycles. The van der Waals surface area contributed by atoms with Crippen molar-refractivity contribution in [3.63, 3.8) is 0 Å². The van der Waals surface area contributed by atoms with Gasteiger partial charge in [-0.15, -0.1) is 0 Å². The summed E-state index contributed by atoms with van der Waals surface area (Å²) in [4.78, 5) is 0. The van der Waals surface area contributed by atoms with E-state index in [0.29, 0.717) is 6.42 Å². The molecule has 0 aliphatic heterocycles. The smallest absolute Gasteiger partial charge is 0.122 e. The van der Waals surface area contributed by atoms with Gasteiger partial charge in [0.2, 0.25) is 0 Å². The molecule has 0 amide bonds. The second kappa shape index (κ2) is 5.21. The van der Waals surface area contributed by atoms with Crippen molar-refractivity contribution in [2.45, 2.75) is 6.42 Å². The van der Waals surface area contributed by atoms with Crippen molar-refractivity contribution in [1.82, 2.24) is 0 Å². The highest BCUT2D eigenvalue weighted by Crippen LogP contribution is 2.23. The van der Waals surface area contributed by atoms with E-state index in [0.717, 1.165) is 11.1 Å². The van der Waals surface area contributed by atoms with E-state index < -0.39 is 0 Å². The summed E-state index contributed by atoms with van der Waals surface area (Å²) >= 11 is 0. The van der Waals surface area contributed by atoms with Gasteiger partial charge in [-0.25, -0.2) is 0 Å². The molecule has 0 fully saturated rings. The van der Waals surface area contributed by atoms with E-state index in [2.05, 4.69) is 0 Å². The molecule has 0 aliphatic rings. The predicted molar refractivity (Wildman–Crippen MR) is 69.0 cm³/mol. The summed E-state index contributed by atoms with van der Waals surface area (Å²) in [7, 11) is 0. The number of rotatable bonds is 3. The van der Waals surface area contributed by atoms with Crippen molar-refractivity contribution in [2.24, 2.45) is 0 Å². The van der Waals surface area contributed by atoms with Gasteiger partial charge in [-0.1, -0.05) is 48.6 Å². The molecule has 2 heteroatoms. The van der Waals surface area contributed by atoms with Crippen LogP contribution in [0.25, 0.3) is 6.08 Å². The lowest BCUT2D eigenvalue weighted by Crippen LogP contribution is -1.82. The van der Waals surface area contributed by atoms with Gasteiger partial charge in [-0.05, 0) is 23.6 Å². The Morgan fingerprint density at radius 3 is 2.41 bits per heavy atom. The highest BCUT2D eigenvalue weighted by atomic mass is 16.3. The maximum absolute atomic E-state index is 9.59. The van der Waals surface area contributed by atoms with E-state index in [1.165, 1.54) is 6.07 Å². The number of aromatic hydroxyl groups is 2. The van der Waals surface area contributed by atoms with E-state index in [1.807, 2.05) is 42.5 Å². The van der Waals surface area contributed by atoms with Crippen LogP contribution in [0.2, 0.25) is 0 Å². The van der Waals surface area contributed by atoms with Crippen LogP contribution in [0.3, 0.4) is 0 Å². The Hall–Kier alpha value is -2.22. The Kier molecular flexibility index (Phi) is 3.46. The molecular formula is C15H14O2. The van der Waals surface area contributed by atoms with Crippen LogP contribution in [0.5, 0.6) is 11.5 Å². The van der Waals surface area contributed by atoms with E-state index in [1.54, 1.807) is 12.1 Å². The minimum absolute atomic E-state index is 0.0817. The molecule has 86 valence electrons. The third kappa shape index (κ3) is 3.11. The van der Waals surface area contributed by atoms with Crippen molar-refractivity contribution in [1.29, 1.82) is 0 Å². The molecule has 0 aliphatic carbocycles. The summed E-state index contributed by atoms with van der Waals surface area (Å²) in [6, 6.07) is 14.6. The second-order valence-electron chi connectivity index (χ2n) is 3.83. The summed E-state index contributed by atoms with van der Waals surface area (Å²) in [5, 5.41) is 18.8. The molecule has 2 aromatic rings. The zero-order chi connectivity index (χ0) is 12.1. The molecule has 0 atom stereocenters. The number of benzene rings is 2. The summed E-state index contributed by atoms with van der Waals surface area (Å²) in [6.45, 7) is 0. The minimum Gasteiger partial charge on any atom is -0.508 e. The van der Waals surface area contributed by atoms with Crippen LogP contribution < -0.4 is 0 Å². The van der Waals surface area contributed by atoms with E-state index >= 15 is 0 Å². The van der Waals surface area contributed by atoms with Crippen LogP contribution in [-0.4, -0.2) is 10.2 Å². The largest absolute Gasteiger partial charge is 0.508 e. The quantitative estimate of drug-likeness (QED) is 0.842. The molecule has 2 aromatic carbocycles. The van der Waals surface area contributed by atoms with Gasteiger partial charge in [0.25, 0.3) is 0 Å². The maximum atomic E-state index is 9.59. The molecular weight excluding hydrogens is 212 g/mol. The first kappa shape index (κ1) is 11.3. The zero-order valence-corrected chi connectivity index (χ0v) is 9.38. The SMILES string of the molecule is Oc1ccc(CC=Cc2ccccc2)c(O)c1. The van der Waals surface area contributed by atoms with Crippen LogP contribution in [0.15, 0.2) is 54.6 Å². The second-order valence-corrected chi connectivity index (χ2v) is 3.83. The fraction of sp³-hybridized carbons (Fsp3) is 0.0667. The average Bonchev–Trinajstić information content (AvgIpc) is 2.33. The number of phenols is 2. The van der Waals surface area contributed by atoms with Crippen LogP contribution >= 0.6 is 0 Å². The monoisotopic (exact) mass is 226 g/mol. The highest BCUT2D eigenvalue weighted by molar-refractivity contribution is 5.50. The van der Waals surface area contributed by atoms with Crippen LogP contribution in [0, 0.1) is 0 Å². The van der Waals surface area contributed by atoms with Gasteiger partial charge in [0.15, 0.2) is 0 Å². The van der Waals surface area contributed by atoms with Crippen molar-refractivity contribution in [3.8, 4) is 11.5 Å². The molecule has 0 unspecified atom stereocenters. The van der Waals surface area contributed by atoms with Gasteiger partial charge in [0.1, 0.15) is 11.5 Å². The van der Waals surface area contributed by atoms with E-state index in [9.17, 15) is 5.11 Å². The number of hydrogen-bond acceptors (Lipinski definition) is 2. The lowest BCUT2D eigenvalue weighted by molar-refractivity contribution is 0.447. The Balaban J connectivity index is 2.05. The maximum Gasteiger partial charge on any atom is 0.122 e. The van der Waals surface area contributed by atoms with Crippen molar-refractivity contribution in [3.05, 3.63) is 65.7 Å². The highest BCUT2D eigenvalue weighted by Gasteiger charge is 1.99. The molecule has 2 nitrogen and oxygen atoms in total. The van der Waals surface area contributed by atoms with Gasteiger partial charge in [0, 0.05) is 6.07 Å². The van der Waals surface area contributed by atoms with Gasteiger partial charge in [-0.2, -0.15) is 0 Å². The first-order valence-corrected chi connectivity index (χ1v) is 5.48. The Bertz CT molecular complexity index is 516. The molecule has 17 heavy (non-hydrogen) atoms. The molecule has 0 spiro atoms. The molecule has 2 N–H and O–H groups in total. The normalized spacial score (nSPS) is 10.8. The standard InChI is InChI=1S/C15H14O2/c16-14-10-9-13(15(17)11-14)8-4-7-12-5-2-1-3-6-12/h1-7,9-11,16-17H,8H2. The summed E-state index contributed by atoms with van der Waals surface area (Å²) in [6.07, 6.45) is 4.63. The van der Waals surface area contributed by atoms with E-state index in [-0.39, 0.29) is 11.5 Å². The van der Waals surface area contributed by atoms with Gasteiger partial charge < -0.3 is 10.2 Å². The molecule has 0 heterocycles. The summed E-state index contributed by atoms with van der Waals surface area (Å²) < 4.78 is 0. The predicted octanol–water partition coefficient (Wildman–Crippen LogP) is 3.35. The topological polar surface area (TPSA) is 40.5 Å². The Morgan fingerprint density at radius 1 is 0.941 bits per heavy atom. The minimum atomic E-state index is 0.0817. The molecule has 0 bridgehead atoms. The number of allylic oxidation sites excluding steroid dienone is 1. The zero-order valence-electron chi connectivity index (χ0n) is 9.38. The average molecular weight is 226 g/mol. The first-order valence-electron chi connectivity index (χ1n) is 5.48. The number of hydrogen-bond donors (Lipinski definition) is 2. The first-order chi connectivity index (χ1) is 8.25. The third-order valence-corrected chi connectivity index (χ3v) is 2.52. The summed E-state index contributed by atoms with van der Waals surface area (Å²) in [5.41, 5.74) is 1.93. The van der Waals surface area contributed by atoms with Crippen molar-refractivity contribution >= 4 is 6.08 Å². The molecule has 0 saturated heterocycles. The Morgan fingerprint density at radius 2 is 1.71 bits per heavy atom. The fourth-order valence-electron chi connectivity index (χ4n) is 1.61. The van der Waals surface area contributed by atoms with Crippen molar-refractivity contribution in [2.75, 3.05) is 0 Å². The Labute approximate surface area is 100 Å². The van der Waals surface area contributed by atoms with Crippen molar-refractivity contribution < 1.29 is 10.2 Å². The van der Waals surface area contributed by atoms with Crippen LogP contribution in [-0.2, 0) is 6.42 Å². The van der Waals surface area contributed by atoms with Gasteiger partial charge >= 0.3 is 0 Å². The lowest BCUT2D eigenvalue weighted by Gasteiger charge is -2.01. The lowest BCUT2D eigenvalue weighted by atomic mass is 10.1. The number of phenolic OH excluding ortho intramolecular Hbond substituents is 2. The molecule has 2 rings (SSSR count). The van der Waals surface area contributed by atoms with Crippen LogP contribution in [0.1, 0.15) is 11.1 Å². The fourth-order valence-corrected chi connectivity index (χ4v) is 1.61. The van der Waals surface area contributed by atoms with Gasteiger partial charge in [-0.3, -0.25) is 0 Å². The third-order valence-electron chi connectivity index (χ3n) is 2.52. The van der Waals surface area contributed by atoms with Crippen LogP contribution in [0.4, 0.5) is 0 Å².